The van der Waals surface area contributed by atoms with Crippen molar-refractivity contribution >= 4 is 22.3 Å². The summed E-state index contributed by atoms with van der Waals surface area (Å²) in [6.45, 7) is 2.71. The molecule has 6 nitrogen and oxygen atoms in total. The minimum Gasteiger partial charge on any atom is -0.494 e. The molecule has 4 N–H and O–H groups in total. The topological polar surface area (TPSA) is 92.9 Å². The van der Waals surface area contributed by atoms with Crippen molar-refractivity contribution in [1.82, 2.24) is 4.98 Å². The van der Waals surface area contributed by atoms with Gasteiger partial charge >= 0.3 is 0 Å². The van der Waals surface area contributed by atoms with Crippen LogP contribution < -0.4 is 15.2 Å². The number of aromatic nitrogens is 1. The van der Waals surface area contributed by atoms with Crippen LogP contribution in [0.3, 0.4) is 0 Å². The largest absolute Gasteiger partial charge is 0.494 e. The molecule has 1 heterocycles. The first-order valence-corrected chi connectivity index (χ1v) is 9.44. The molecule has 0 bridgehead atoms. The van der Waals surface area contributed by atoms with Crippen molar-refractivity contribution in [3.63, 3.8) is 0 Å². The quantitative estimate of drug-likeness (QED) is 0.507. The van der Waals surface area contributed by atoms with Crippen molar-refractivity contribution in [1.29, 1.82) is 0 Å². The summed E-state index contributed by atoms with van der Waals surface area (Å²) in [5.41, 5.74) is 9.92. The maximum atomic E-state index is 10.6. The maximum Gasteiger partial charge on any atom is 0.198 e. The standard InChI is InChI=1S/C22H27N3O3/c1-4-17(24-15-9-7-14(8-10-15)6-5-11-23)21-16-12-19(27-2)20(28-3)13-18(16)25-22(21)26/h7-10,12-13,25-26H,4-6,11,23H2,1-3H3. The Hall–Kier alpha value is -2.99. The van der Waals surface area contributed by atoms with Gasteiger partial charge in [0, 0.05) is 11.5 Å². The Labute approximate surface area is 165 Å². The number of nitrogens with two attached hydrogens (primary N) is 1. The number of aryl methyl sites for hydroxylation is 1. The highest BCUT2D eigenvalue weighted by Crippen LogP contribution is 2.37. The van der Waals surface area contributed by atoms with Gasteiger partial charge in [-0.05, 0) is 49.6 Å². The Kier molecular flexibility index (Phi) is 6.21. The molecule has 3 aromatic rings. The predicted octanol–water partition coefficient (Wildman–Crippen LogP) is 4.31. The molecule has 0 radical (unpaired) electrons. The maximum absolute atomic E-state index is 10.6. The van der Waals surface area contributed by atoms with E-state index < -0.39 is 0 Å². The van der Waals surface area contributed by atoms with Gasteiger partial charge in [-0.25, -0.2) is 0 Å². The molecule has 148 valence electrons. The fourth-order valence-electron chi connectivity index (χ4n) is 3.31. The average molecular weight is 381 g/mol. The fraction of sp³-hybridized carbons (Fsp3) is 0.318. The number of H-pyrrole nitrogens is 1. The van der Waals surface area contributed by atoms with Crippen LogP contribution in [0.5, 0.6) is 17.4 Å². The van der Waals surface area contributed by atoms with E-state index in [0.717, 1.165) is 35.1 Å². The molecule has 6 heteroatoms. The van der Waals surface area contributed by atoms with Gasteiger partial charge in [-0.15, -0.1) is 0 Å². The molecule has 0 saturated carbocycles. The number of fused-ring (bicyclic) bond motifs is 1. The summed E-state index contributed by atoms with van der Waals surface area (Å²) in [6, 6.07) is 11.8. The summed E-state index contributed by atoms with van der Waals surface area (Å²) in [4.78, 5) is 7.80. The molecule has 0 aliphatic heterocycles. The zero-order chi connectivity index (χ0) is 20.1. The molecular weight excluding hydrogens is 354 g/mol. The van der Waals surface area contributed by atoms with Crippen molar-refractivity contribution in [2.75, 3.05) is 20.8 Å². The normalized spacial score (nSPS) is 11.8. The molecule has 0 aliphatic carbocycles. The van der Waals surface area contributed by atoms with Gasteiger partial charge in [-0.3, -0.25) is 4.99 Å². The Morgan fingerprint density at radius 3 is 2.39 bits per heavy atom. The first-order chi connectivity index (χ1) is 13.6. The number of hydrogen-bond donors (Lipinski definition) is 3. The van der Waals surface area contributed by atoms with Crippen molar-refractivity contribution in [3.8, 4) is 17.4 Å². The molecule has 0 saturated heterocycles. The number of aromatic amines is 1. The average Bonchev–Trinajstić information content (AvgIpc) is 3.04. The van der Waals surface area contributed by atoms with E-state index in [2.05, 4.69) is 17.1 Å². The van der Waals surface area contributed by atoms with Crippen LogP contribution in [0.1, 0.15) is 30.9 Å². The van der Waals surface area contributed by atoms with Crippen LogP contribution in [-0.2, 0) is 6.42 Å². The zero-order valence-corrected chi connectivity index (χ0v) is 16.6. The summed E-state index contributed by atoms with van der Waals surface area (Å²) < 4.78 is 10.8. The van der Waals surface area contributed by atoms with E-state index in [0.29, 0.717) is 30.0 Å². The summed E-state index contributed by atoms with van der Waals surface area (Å²) in [5.74, 6) is 1.30. The minimum atomic E-state index is 0.0884. The first kappa shape index (κ1) is 19.8. The summed E-state index contributed by atoms with van der Waals surface area (Å²) >= 11 is 0. The number of methoxy groups -OCH3 is 2. The summed E-state index contributed by atoms with van der Waals surface area (Å²) in [7, 11) is 3.18. The van der Waals surface area contributed by atoms with Gasteiger partial charge in [0.2, 0.25) is 0 Å². The lowest BCUT2D eigenvalue weighted by Crippen LogP contribution is -2.00. The van der Waals surface area contributed by atoms with Gasteiger partial charge in [-0.1, -0.05) is 19.1 Å². The number of rotatable bonds is 8. The number of nitrogens with zero attached hydrogens (tertiary/aromatic N) is 1. The number of aliphatic imine (C=N–C) groups is 1. The van der Waals surface area contributed by atoms with E-state index in [4.69, 9.17) is 20.2 Å². The van der Waals surface area contributed by atoms with Crippen LogP contribution in [-0.4, -0.2) is 36.6 Å². The van der Waals surface area contributed by atoms with Crippen LogP contribution in [0.25, 0.3) is 10.9 Å². The lowest BCUT2D eigenvalue weighted by atomic mass is 10.0. The van der Waals surface area contributed by atoms with E-state index >= 15 is 0 Å². The molecule has 0 fully saturated rings. The van der Waals surface area contributed by atoms with Crippen molar-refractivity contribution in [2.24, 2.45) is 10.7 Å². The Morgan fingerprint density at radius 1 is 1.11 bits per heavy atom. The monoisotopic (exact) mass is 381 g/mol. The lowest BCUT2D eigenvalue weighted by Gasteiger charge is -2.09. The highest BCUT2D eigenvalue weighted by molar-refractivity contribution is 6.14. The smallest absolute Gasteiger partial charge is 0.198 e. The Morgan fingerprint density at radius 2 is 1.79 bits per heavy atom. The van der Waals surface area contributed by atoms with E-state index in [1.807, 2.05) is 31.2 Å². The first-order valence-electron chi connectivity index (χ1n) is 9.44. The summed E-state index contributed by atoms with van der Waals surface area (Å²) in [5, 5.41) is 11.4. The zero-order valence-electron chi connectivity index (χ0n) is 16.6. The van der Waals surface area contributed by atoms with E-state index in [9.17, 15) is 5.11 Å². The van der Waals surface area contributed by atoms with E-state index in [-0.39, 0.29) is 5.88 Å². The van der Waals surface area contributed by atoms with Crippen LogP contribution in [0.4, 0.5) is 5.69 Å². The molecular formula is C22H27N3O3. The van der Waals surface area contributed by atoms with Crippen LogP contribution in [0.15, 0.2) is 41.4 Å². The summed E-state index contributed by atoms with van der Waals surface area (Å²) in [6.07, 6.45) is 2.60. The van der Waals surface area contributed by atoms with Crippen LogP contribution in [0, 0.1) is 0 Å². The molecule has 0 aliphatic rings. The highest BCUT2D eigenvalue weighted by Gasteiger charge is 2.18. The van der Waals surface area contributed by atoms with E-state index in [1.165, 1.54) is 5.56 Å². The molecule has 0 spiro atoms. The molecule has 0 amide bonds. The Balaban J connectivity index is 2.03. The fourth-order valence-corrected chi connectivity index (χ4v) is 3.31. The third-order valence-corrected chi connectivity index (χ3v) is 4.78. The highest BCUT2D eigenvalue weighted by atomic mass is 16.5. The lowest BCUT2D eigenvalue weighted by molar-refractivity contribution is 0.356. The van der Waals surface area contributed by atoms with Gasteiger partial charge in [0.05, 0.1) is 36.7 Å². The number of nitrogens with one attached hydrogen (secondary N) is 1. The van der Waals surface area contributed by atoms with Gasteiger partial charge < -0.3 is 25.3 Å². The predicted molar refractivity (Wildman–Crippen MR) is 113 cm³/mol. The number of aromatic hydroxyl groups is 1. The number of hydrogen-bond acceptors (Lipinski definition) is 5. The molecule has 1 aromatic heterocycles. The van der Waals surface area contributed by atoms with Crippen LogP contribution >= 0.6 is 0 Å². The van der Waals surface area contributed by atoms with Gasteiger partial charge in [0.15, 0.2) is 17.4 Å². The molecule has 0 unspecified atom stereocenters. The third-order valence-electron chi connectivity index (χ3n) is 4.78. The second kappa shape index (κ2) is 8.80. The Bertz CT molecular complexity index is 975. The van der Waals surface area contributed by atoms with Crippen molar-refractivity contribution < 1.29 is 14.6 Å². The number of ether oxygens (including phenoxy) is 2. The SMILES string of the molecule is CCC(=Nc1ccc(CCCN)cc1)c1c(O)[nH]c2cc(OC)c(OC)cc12. The van der Waals surface area contributed by atoms with Gasteiger partial charge in [0.1, 0.15) is 0 Å². The van der Waals surface area contributed by atoms with Crippen molar-refractivity contribution in [3.05, 3.63) is 47.5 Å². The third kappa shape index (κ3) is 3.97. The van der Waals surface area contributed by atoms with Gasteiger partial charge in [-0.2, -0.15) is 0 Å². The second-order valence-corrected chi connectivity index (χ2v) is 6.57. The molecule has 0 atom stereocenters. The number of benzene rings is 2. The van der Waals surface area contributed by atoms with Crippen LogP contribution in [0.2, 0.25) is 0 Å². The second-order valence-electron chi connectivity index (χ2n) is 6.57. The van der Waals surface area contributed by atoms with Gasteiger partial charge in [0.25, 0.3) is 0 Å². The van der Waals surface area contributed by atoms with E-state index in [1.54, 1.807) is 14.2 Å². The molecule has 2 aromatic carbocycles. The minimum absolute atomic E-state index is 0.0884. The molecule has 3 rings (SSSR count). The van der Waals surface area contributed by atoms with Crippen molar-refractivity contribution in [2.45, 2.75) is 26.2 Å². The molecule has 28 heavy (non-hydrogen) atoms.